The van der Waals surface area contributed by atoms with Gasteiger partial charge in [0.2, 0.25) is 0 Å². The predicted molar refractivity (Wildman–Crippen MR) is 136 cm³/mol. The number of hydrogen-bond acceptors (Lipinski definition) is 3. The number of Topliss-reactive ketones (excluding diaryl/α,β-unsaturated/α-hetero) is 2. The Hall–Kier alpha value is -3.72. The minimum absolute atomic E-state index is 0.214. The molecule has 3 aliphatic rings. The van der Waals surface area contributed by atoms with E-state index in [0.717, 1.165) is 59.5 Å². The molecule has 0 N–H and O–H groups in total. The van der Waals surface area contributed by atoms with Crippen LogP contribution in [0.4, 0.5) is 5.69 Å². The Morgan fingerprint density at radius 3 is 1.44 bits per heavy atom. The van der Waals surface area contributed by atoms with E-state index >= 15 is 0 Å². The Labute approximate surface area is 200 Å². The maximum atomic E-state index is 12.7. The molecule has 1 aliphatic heterocycles. The van der Waals surface area contributed by atoms with Gasteiger partial charge >= 0.3 is 0 Å². The van der Waals surface area contributed by atoms with Crippen molar-refractivity contribution < 1.29 is 9.59 Å². The van der Waals surface area contributed by atoms with Gasteiger partial charge in [0.15, 0.2) is 11.6 Å². The molecule has 34 heavy (non-hydrogen) atoms. The summed E-state index contributed by atoms with van der Waals surface area (Å²) in [4.78, 5) is 27.7. The third-order valence-corrected chi connectivity index (χ3v) is 7.35. The highest BCUT2D eigenvalue weighted by molar-refractivity contribution is 6.05. The van der Waals surface area contributed by atoms with Gasteiger partial charge in [-0.1, -0.05) is 66.7 Å². The number of hydrogen-bond donors (Lipinski definition) is 0. The molecular formula is C31H27NO2. The van der Waals surface area contributed by atoms with E-state index in [4.69, 9.17) is 0 Å². The molecule has 0 aromatic heterocycles. The van der Waals surface area contributed by atoms with Gasteiger partial charge in [-0.3, -0.25) is 9.59 Å². The van der Waals surface area contributed by atoms with E-state index in [1.807, 2.05) is 6.07 Å². The highest BCUT2D eigenvalue weighted by Crippen LogP contribution is 2.44. The molecule has 0 saturated heterocycles. The molecule has 0 spiro atoms. The van der Waals surface area contributed by atoms with E-state index in [9.17, 15) is 9.59 Å². The zero-order valence-electron chi connectivity index (χ0n) is 19.2. The summed E-state index contributed by atoms with van der Waals surface area (Å²) in [6.45, 7) is 0. The van der Waals surface area contributed by atoms with Crippen molar-refractivity contribution in [2.75, 3.05) is 4.90 Å². The zero-order valence-corrected chi connectivity index (χ0v) is 19.2. The number of rotatable bonds is 3. The predicted octanol–water partition coefficient (Wildman–Crippen LogP) is 7.24. The molecule has 0 saturated carbocycles. The molecule has 0 amide bonds. The molecule has 3 aromatic rings. The minimum atomic E-state index is 0.214. The SMILES string of the molecule is O=C1CCCC2=C1CC1=C(CCCC1=O)N2c1ccc(-c2ccc(-c3ccccc3)cc2)cc1. The maximum Gasteiger partial charge on any atom is 0.160 e. The van der Waals surface area contributed by atoms with E-state index in [0.29, 0.717) is 19.3 Å². The molecule has 6 rings (SSSR count). The minimum Gasteiger partial charge on any atom is -0.317 e. The van der Waals surface area contributed by atoms with Crippen LogP contribution in [0.2, 0.25) is 0 Å². The standard InChI is InChI=1S/C31H27NO2/c33-30-10-4-8-28-26(30)20-27-29(9-5-11-31(27)34)32(28)25-18-16-24(17-19-25)23-14-12-22(13-15-23)21-6-2-1-3-7-21/h1-3,6-7,12-19H,4-5,8-11,20H2. The van der Waals surface area contributed by atoms with Crippen LogP contribution in [-0.2, 0) is 9.59 Å². The number of nitrogens with zero attached hydrogens (tertiary/aromatic N) is 1. The maximum absolute atomic E-state index is 12.7. The van der Waals surface area contributed by atoms with Crippen molar-refractivity contribution in [1.29, 1.82) is 0 Å². The highest BCUT2D eigenvalue weighted by atomic mass is 16.1. The summed E-state index contributed by atoms with van der Waals surface area (Å²) in [5, 5.41) is 0. The first-order chi connectivity index (χ1) is 16.7. The Kier molecular flexibility index (Phi) is 5.26. The molecule has 3 heteroatoms. The van der Waals surface area contributed by atoms with Crippen molar-refractivity contribution in [1.82, 2.24) is 0 Å². The molecule has 0 atom stereocenters. The number of ketones is 2. The Bertz CT molecular complexity index is 1290. The quantitative estimate of drug-likeness (QED) is 0.426. The first-order valence-corrected chi connectivity index (χ1v) is 12.3. The summed E-state index contributed by atoms with van der Waals surface area (Å²) in [5.74, 6) is 0.428. The highest BCUT2D eigenvalue weighted by Gasteiger charge is 2.36. The van der Waals surface area contributed by atoms with E-state index < -0.39 is 0 Å². The molecule has 1 heterocycles. The monoisotopic (exact) mass is 445 g/mol. The van der Waals surface area contributed by atoms with Crippen LogP contribution in [0.25, 0.3) is 22.3 Å². The molecule has 0 bridgehead atoms. The Morgan fingerprint density at radius 1 is 0.500 bits per heavy atom. The lowest BCUT2D eigenvalue weighted by atomic mass is 9.80. The van der Waals surface area contributed by atoms with Gasteiger partial charge in [0.25, 0.3) is 0 Å². The average Bonchev–Trinajstić information content (AvgIpc) is 2.89. The number of allylic oxidation sites excluding steroid dienone is 4. The van der Waals surface area contributed by atoms with Crippen LogP contribution in [-0.4, -0.2) is 11.6 Å². The van der Waals surface area contributed by atoms with Crippen LogP contribution in [0.3, 0.4) is 0 Å². The second kappa shape index (κ2) is 8.57. The number of carbonyl (C=O) groups is 2. The molecule has 0 fully saturated rings. The summed E-state index contributed by atoms with van der Waals surface area (Å²) in [7, 11) is 0. The van der Waals surface area contributed by atoms with Gasteiger partial charge in [-0.05, 0) is 60.1 Å². The van der Waals surface area contributed by atoms with Crippen molar-refractivity contribution in [3.8, 4) is 22.3 Å². The molecular weight excluding hydrogens is 418 g/mol. The van der Waals surface area contributed by atoms with Gasteiger partial charge in [-0.15, -0.1) is 0 Å². The largest absolute Gasteiger partial charge is 0.317 e. The van der Waals surface area contributed by atoms with Gasteiger partial charge in [0.1, 0.15) is 0 Å². The molecule has 3 nitrogen and oxygen atoms in total. The summed E-state index contributed by atoms with van der Waals surface area (Å²) < 4.78 is 0. The normalized spacial score (nSPS) is 18.2. The van der Waals surface area contributed by atoms with Gasteiger partial charge in [0, 0.05) is 47.5 Å². The molecule has 2 aliphatic carbocycles. The summed E-state index contributed by atoms with van der Waals surface area (Å²) in [6.07, 6.45) is 5.30. The molecule has 168 valence electrons. The van der Waals surface area contributed by atoms with Crippen LogP contribution in [0.1, 0.15) is 44.9 Å². The Balaban J connectivity index is 1.34. The van der Waals surface area contributed by atoms with Gasteiger partial charge in [-0.2, -0.15) is 0 Å². The van der Waals surface area contributed by atoms with Crippen molar-refractivity contribution >= 4 is 17.3 Å². The lowest BCUT2D eigenvalue weighted by molar-refractivity contribution is -0.116. The van der Waals surface area contributed by atoms with Crippen molar-refractivity contribution in [2.45, 2.75) is 44.9 Å². The second-order valence-electron chi connectivity index (χ2n) is 9.41. The summed E-state index contributed by atoms with van der Waals surface area (Å²) in [5.41, 5.74) is 9.75. The fourth-order valence-corrected chi connectivity index (χ4v) is 5.59. The number of anilines is 1. The summed E-state index contributed by atoms with van der Waals surface area (Å²) in [6, 6.07) is 27.6. The molecule has 0 unspecified atom stereocenters. The van der Waals surface area contributed by atoms with E-state index in [2.05, 4.69) is 77.7 Å². The third kappa shape index (κ3) is 3.62. The fraction of sp³-hybridized carbons (Fsp3) is 0.226. The topological polar surface area (TPSA) is 37.4 Å². The van der Waals surface area contributed by atoms with Crippen LogP contribution in [0, 0.1) is 0 Å². The van der Waals surface area contributed by atoms with Gasteiger partial charge < -0.3 is 4.90 Å². The van der Waals surface area contributed by atoms with Gasteiger partial charge in [-0.25, -0.2) is 0 Å². The third-order valence-electron chi connectivity index (χ3n) is 7.35. The number of carbonyl (C=O) groups excluding carboxylic acids is 2. The van der Waals surface area contributed by atoms with E-state index in [1.165, 1.54) is 16.7 Å². The number of benzene rings is 3. The first kappa shape index (κ1) is 20.9. The lowest BCUT2D eigenvalue weighted by Crippen LogP contribution is -2.35. The van der Waals surface area contributed by atoms with E-state index in [1.54, 1.807) is 0 Å². The second-order valence-corrected chi connectivity index (χ2v) is 9.41. The molecule has 0 radical (unpaired) electrons. The Morgan fingerprint density at radius 2 is 0.941 bits per heavy atom. The van der Waals surface area contributed by atoms with Crippen LogP contribution in [0.15, 0.2) is 101 Å². The lowest BCUT2D eigenvalue weighted by Gasteiger charge is -2.40. The first-order valence-electron chi connectivity index (χ1n) is 12.3. The van der Waals surface area contributed by atoms with Crippen LogP contribution < -0.4 is 4.90 Å². The van der Waals surface area contributed by atoms with Crippen LogP contribution >= 0.6 is 0 Å². The summed E-state index contributed by atoms with van der Waals surface area (Å²) >= 11 is 0. The van der Waals surface area contributed by atoms with Crippen molar-refractivity contribution in [3.63, 3.8) is 0 Å². The molecule has 3 aromatic carbocycles. The fourth-order valence-electron chi connectivity index (χ4n) is 5.59. The smallest absolute Gasteiger partial charge is 0.160 e. The average molecular weight is 446 g/mol. The van der Waals surface area contributed by atoms with Crippen molar-refractivity contribution in [3.05, 3.63) is 101 Å². The van der Waals surface area contributed by atoms with E-state index in [-0.39, 0.29) is 11.6 Å². The van der Waals surface area contributed by atoms with Gasteiger partial charge in [0.05, 0.1) is 0 Å². The van der Waals surface area contributed by atoms with Crippen molar-refractivity contribution in [2.24, 2.45) is 0 Å². The van der Waals surface area contributed by atoms with Crippen LogP contribution in [0.5, 0.6) is 0 Å². The zero-order chi connectivity index (χ0) is 23.1.